The number of hydrogen-bond acceptors (Lipinski definition) is 7. The lowest BCUT2D eigenvalue weighted by Crippen LogP contribution is -2.44. The Morgan fingerprint density at radius 2 is 1.66 bits per heavy atom. The summed E-state index contributed by atoms with van der Waals surface area (Å²) < 4.78 is 11.3. The van der Waals surface area contributed by atoms with Crippen molar-refractivity contribution in [3.63, 3.8) is 0 Å². The third-order valence-electron chi connectivity index (χ3n) is 6.31. The molecule has 2 amide bonds. The zero-order valence-corrected chi connectivity index (χ0v) is 20.8. The van der Waals surface area contributed by atoms with Gasteiger partial charge < -0.3 is 20.1 Å². The van der Waals surface area contributed by atoms with E-state index in [-0.39, 0.29) is 32.0 Å². The van der Waals surface area contributed by atoms with Crippen molar-refractivity contribution >= 4 is 18.0 Å². The SMILES string of the molecule is COC(=O)[C@H](CCCNC(=O)OCC1c2ccccc2-c2ccccc21)NC(=O)Cn1ccc(=O)[nH]c1=O. The smallest absolute Gasteiger partial charge is 0.407 e. The van der Waals surface area contributed by atoms with Gasteiger partial charge in [-0.25, -0.2) is 14.4 Å². The van der Waals surface area contributed by atoms with E-state index in [1.54, 1.807) is 0 Å². The zero-order valence-electron chi connectivity index (χ0n) is 20.8. The topological polar surface area (TPSA) is 149 Å². The molecule has 198 valence electrons. The van der Waals surface area contributed by atoms with Crippen molar-refractivity contribution in [1.29, 1.82) is 0 Å². The molecule has 11 heteroatoms. The summed E-state index contributed by atoms with van der Waals surface area (Å²) in [5.41, 5.74) is 3.18. The Bertz CT molecular complexity index is 1400. The summed E-state index contributed by atoms with van der Waals surface area (Å²) in [6.45, 7) is 0.00531. The molecule has 0 saturated carbocycles. The maximum absolute atomic E-state index is 12.3. The van der Waals surface area contributed by atoms with E-state index in [1.165, 1.54) is 13.3 Å². The maximum Gasteiger partial charge on any atom is 0.407 e. The second kappa shape index (κ2) is 12.0. The Balaban J connectivity index is 1.24. The molecule has 4 rings (SSSR count). The van der Waals surface area contributed by atoms with Crippen LogP contribution < -0.4 is 21.9 Å². The summed E-state index contributed by atoms with van der Waals surface area (Å²) in [5, 5.41) is 5.19. The highest BCUT2D eigenvalue weighted by atomic mass is 16.5. The number of carbonyl (C=O) groups excluding carboxylic acids is 3. The molecule has 11 nitrogen and oxygen atoms in total. The quantitative estimate of drug-likeness (QED) is 0.271. The van der Waals surface area contributed by atoms with Crippen LogP contribution >= 0.6 is 0 Å². The van der Waals surface area contributed by atoms with Gasteiger partial charge in [0.25, 0.3) is 5.56 Å². The van der Waals surface area contributed by atoms with Gasteiger partial charge in [-0.15, -0.1) is 0 Å². The average molecular weight is 521 g/mol. The van der Waals surface area contributed by atoms with Gasteiger partial charge >= 0.3 is 17.8 Å². The van der Waals surface area contributed by atoms with Gasteiger partial charge in [-0.05, 0) is 35.1 Å². The number of esters is 1. The molecular formula is C27H28N4O7. The van der Waals surface area contributed by atoms with Crippen LogP contribution in [0.4, 0.5) is 4.79 Å². The first-order chi connectivity index (χ1) is 18.4. The number of nitrogens with zero attached hydrogens (tertiary/aromatic N) is 1. The molecule has 1 aromatic heterocycles. The van der Waals surface area contributed by atoms with Crippen LogP contribution in [-0.4, -0.2) is 53.8 Å². The van der Waals surface area contributed by atoms with Crippen molar-refractivity contribution in [3.05, 3.63) is 92.8 Å². The van der Waals surface area contributed by atoms with Crippen LogP contribution in [0.5, 0.6) is 0 Å². The standard InChI is InChI=1S/C27H28N4O7/c1-37-25(34)22(29-24(33)15-31-14-12-23(32)30-26(31)35)11-6-13-28-27(36)38-16-21-19-9-4-2-7-17(19)18-8-3-5-10-20(18)21/h2-5,7-10,12,14,21-22H,6,11,13,15-16H2,1H3,(H,28,36)(H,29,33)(H,30,32,35)/t22-/m0/s1. The molecule has 1 aliphatic carbocycles. The van der Waals surface area contributed by atoms with E-state index in [2.05, 4.69) is 22.8 Å². The molecule has 0 fully saturated rings. The minimum Gasteiger partial charge on any atom is -0.467 e. The molecule has 1 aliphatic rings. The van der Waals surface area contributed by atoms with E-state index in [0.717, 1.165) is 32.9 Å². The lowest BCUT2D eigenvalue weighted by Gasteiger charge is -2.17. The number of aromatic nitrogens is 2. The Kier molecular flexibility index (Phi) is 8.37. The van der Waals surface area contributed by atoms with Crippen LogP contribution in [0.2, 0.25) is 0 Å². The van der Waals surface area contributed by atoms with Gasteiger partial charge in [-0.1, -0.05) is 48.5 Å². The lowest BCUT2D eigenvalue weighted by molar-refractivity contribution is -0.145. The highest BCUT2D eigenvalue weighted by Gasteiger charge is 2.29. The molecule has 0 aliphatic heterocycles. The van der Waals surface area contributed by atoms with Gasteiger partial charge in [-0.3, -0.25) is 19.1 Å². The summed E-state index contributed by atoms with van der Waals surface area (Å²) in [7, 11) is 1.20. The molecule has 0 unspecified atom stereocenters. The first-order valence-corrected chi connectivity index (χ1v) is 12.1. The summed E-state index contributed by atoms with van der Waals surface area (Å²) >= 11 is 0. The number of hydrogen-bond donors (Lipinski definition) is 3. The summed E-state index contributed by atoms with van der Waals surface area (Å²) in [5.74, 6) is -1.32. The van der Waals surface area contributed by atoms with Gasteiger partial charge in [0.15, 0.2) is 0 Å². The number of ether oxygens (including phenoxy) is 2. The fraction of sp³-hybridized carbons (Fsp3) is 0.296. The number of aromatic amines is 1. The molecule has 38 heavy (non-hydrogen) atoms. The van der Waals surface area contributed by atoms with Gasteiger partial charge in [-0.2, -0.15) is 0 Å². The van der Waals surface area contributed by atoms with E-state index < -0.39 is 35.3 Å². The number of fused-ring (bicyclic) bond motifs is 3. The highest BCUT2D eigenvalue weighted by Crippen LogP contribution is 2.44. The molecule has 1 atom stereocenters. The maximum atomic E-state index is 12.3. The van der Waals surface area contributed by atoms with Crippen LogP contribution in [0.25, 0.3) is 11.1 Å². The van der Waals surface area contributed by atoms with Crippen LogP contribution in [-0.2, 0) is 25.6 Å². The fourth-order valence-electron chi connectivity index (χ4n) is 4.50. The average Bonchev–Trinajstić information content (AvgIpc) is 3.24. The van der Waals surface area contributed by atoms with Gasteiger partial charge in [0.05, 0.1) is 7.11 Å². The monoisotopic (exact) mass is 520 g/mol. The zero-order chi connectivity index (χ0) is 27.1. The minimum absolute atomic E-state index is 0.0537. The van der Waals surface area contributed by atoms with Crippen molar-refractivity contribution in [2.75, 3.05) is 20.3 Å². The van der Waals surface area contributed by atoms with Gasteiger partial charge in [0, 0.05) is 24.7 Å². The molecule has 0 saturated heterocycles. The molecule has 3 aromatic rings. The predicted molar refractivity (Wildman–Crippen MR) is 138 cm³/mol. The fourth-order valence-corrected chi connectivity index (χ4v) is 4.50. The van der Waals surface area contributed by atoms with Crippen LogP contribution in [0.1, 0.15) is 29.9 Å². The van der Waals surface area contributed by atoms with E-state index in [1.807, 2.05) is 41.4 Å². The first-order valence-electron chi connectivity index (χ1n) is 12.1. The number of benzene rings is 2. The summed E-state index contributed by atoms with van der Waals surface area (Å²) in [6.07, 6.45) is 1.14. The number of nitrogens with one attached hydrogen (secondary N) is 3. The number of carbonyl (C=O) groups is 3. The molecular weight excluding hydrogens is 492 g/mol. The van der Waals surface area contributed by atoms with Crippen molar-refractivity contribution in [2.24, 2.45) is 0 Å². The largest absolute Gasteiger partial charge is 0.467 e. The summed E-state index contributed by atoms with van der Waals surface area (Å²) in [4.78, 5) is 61.8. The van der Waals surface area contributed by atoms with E-state index >= 15 is 0 Å². The normalized spacial score (nSPS) is 12.7. The third-order valence-corrected chi connectivity index (χ3v) is 6.31. The molecule has 1 heterocycles. The molecule has 0 spiro atoms. The first kappa shape index (κ1) is 26.4. The Morgan fingerprint density at radius 3 is 2.29 bits per heavy atom. The number of rotatable bonds is 10. The summed E-state index contributed by atoms with van der Waals surface area (Å²) in [6, 6.07) is 16.2. The highest BCUT2D eigenvalue weighted by molar-refractivity contribution is 5.84. The Hall–Kier alpha value is -4.67. The molecule has 0 bridgehead atoms. The van der Waals surface area contributed by atoms with Crippen molar-refractivity contribution in [1.82, 2.24) is 20.2 Å². The number of methoxy groups -OCH3 is 1. The van der Waals surface area contributed by atoms with Gasteiger partial charge in [0.1, 0.15) is 19.2 Å². The van der Waals surface area contributed by atoms with Crippen molar-refractivity contribution in [2.45, 2.75) is 31.3 Å². The van der Waals surface area contributed by atoms with Crippen LogP contribution in [0, 0.1) is 0 Å². The molecule has 0 radical (unpaired) electrons. The second-order valence-corrected chi connectivity index (χ2v) is 8.78. The molecule has 3 N–H and O–H groups in total. The van der Waals surface area contributed by atoms with E-state index in [4.69, 9.17) is 9.47 Å². The van der Waals surface area contributed by atoms with Gasteiger partial charge in [0.2, 0.25) is 5.91 Å². The molecule has 2 aromatic carbocycles. The number of H-pyrrole nitrogens is 1. The number of amides is 2. The Morgan fingerprint density at radius 1 is 1.00 bits per heavy atom. The number of alkyl carbamates (subject to hydrolysis) is 1. The lowest BCUT2D eigenvalue weighted by atomic mass is 9.98. The Labute approximate surface area is 217 Å². The van der Waals surface area contributed by atoms with Crippen LogP contribution in [0.3, 0.4) is 0 Å². The predicted octanol–water partition coefficient (Wildman–Crippen LogP) is 1.51. The second-order valence-electron chi connectivity index (χ2n) is 8.78. The van der Waals surface area contributed by atoms with E-state index in [0.29, 0.717) is 6.42 Å². The third kappa shape index (κ3) is 6.17. The minimum atomic E-state index is -0.977. The van der Waals surface area contributed by atoms with Crippen molar-refractivity contribution < 1.29 is 23.9 Å². The van der Waals surface area contributed by atoms with E-state index in [9.17, 15) is 24.0 Å². The van der Waals surface area contributed by atoms with Crippen molar-refractivity contribution in [3.8, 4) is 11.1 Å². The van der Waals surface area contributed by atoms with Crippen LogP contribution in [0.15, 0.2) is 70.4 Å².